The zero-order chi connectivity index (χ0) is 16.0. The molecule has 23 heavy (non-hydrogen) atoms. The highest BCUT2D eigenvalue weighted by Gasteiger charge is 2.36. The van der Waals surface area contributed by atoms with Crippen molar-refractivity contribution in [2.24, 2.45) is 10.9 Å². The summed E-state index contributed by atoms with van der Waals surface area (Å²) in [5.41, 5.74) is 0.268. The molecule has 4 rings (SSSR count). The fraction of sp³-hybridized carbons (Fsp3) is 0.222. The number of nitrogens with zero attached hydrogens (tertiary/aromatic N) is 1. The Morgan fingerprint density at radius 3 is 2.78 bits per heavy atom. The Morgan fingerprint density at radius 2 is 2.04 bits per heavy atom. The molecule has 2 atom stereocenters. The van der Waals surface area contributed by atoms with Gasteiger partial charge in [-0.25, -0.2) is 14.2 Å². The molecule has 116 valence electrons. The molecule has 1 aliphatic carbocycles. The molecule has 1 saturated carbocycles. The van der Waals surface area contributed by atoms with Crippen molar-refractivity contribution in [3.8, 4) is 0 Å². The van der Waals surface area contributed by atoms with Gasteiger partial charge in [0.05, 0.1) is 5.56 Å². The summed E-state index contributed by atoms with van der Waals surface area (Å²) in [4.78, 5) is 16.0. The lowest BCUT2D eigenvalue weighted by Crippen LogP contribution is -2.07. The van der Waals surface area contributed by atoms with Gasteiger partial charge in [0.25, 0.3) is 0 Å². The van der Waals surface area contributed by atoms with Gasteiger partial charge in [-0.1, -0.05) is 19.1 Å². The van der Waals surface area contributed by atoms with E-state index in [2.05, 4.69) is 11.9 Å². The van der Waals surface area contributed by atoms with E-state index >= 15 is 0 Å². The SMILES string of the molecule is C[C@H]1C[C@H]1c1ccc(/C=C2\N=C(c3ccccc3F)OC2=O)o1. The Balaban J connectivity index is 1.62. The first-order valence-electron chi connectivity index (χ1n) is 7.49. The van der Waals surface area contributed by atoms with Crippen LogP contribution in [-0.2, 0) is 9.53 Å². The van der Waals surface area contributed by atoms with Gasteiger partial charge in [-0.3, -0.25) is 0 Å². The summed E-state index contributed by atoms with van der Waals surface area (Å²) in [5.74, 6) is 1.46. The maximum atomic E-state index is 13.7. The lowest BCUT2D eigenvalue weighted by atomic mass is 10.2. The van der Waals surface area contributed by atoms with Crippen molar-refractivity contribution >= 4 is 17.9 Å². The van der Waals surface area contributed by atoms with Crippen molar-refractivity contribution in [2.75, 3.05) is 0 Å². The van der Waals surface area contributed by atoms with Crippen LogP contribution in [0.2, 0.25) is 0 Å². The molecule has 0 radical (unpaired) electrons. The van der Waals surface area contributed by atoms with Crippen LogP contribution >= 0.6 is 0 Å². The van der Waals surface area contributed by atoms with E-state index in [-0.39, 0.29) is 17.2 Å². The Bertz CT molecular complexity index is 849. The average Bonchev–Trinajstić information content (AvgIpc) is 2.94. The first kappa shape index (κ1) is 13.9. The van der Waals surface area contributed by atoms with E-state index in [1.54, 1.807) is 18.2 Å². The number of hydrogen-bond donors (Lipinski definition) is 0. The molecule has 2 heterocycles. The van der Waals surface area contributed by atoms with E-state index < -0.39 is 11.8 Å². The van der Waals surface area contributed by atoms with E-state index in [9.17, 15) is 9.18 Å². The summed E-state index contributed by atoms with van der Waals surface area (Å²) in [5, 5.41) is 0. The molecule has 0 spiro atoms. The fourth-order valence-electron chi connectivity index (χ4n) is 2.66. The van der Waals surface area contributed by atoms with Gasteiger partial charge in [-0.05, 0) is 36.6 Å². The Hall–Kier alpha value is -2.69. The predicted octanol–water partition coefficient (Wildman–Crippen LogP) is 3.89. The molecule has 2 aromatic rings. The quantitative estimate of drug-likeness (QED) is 0.638. The number of ether oxygens (including phenoxy) is 1. The monoisotopic (exact) mass is 311 g/mol. The van der Waals surface area contributed by atoms with Crippen LogP contribution in [0.15, 0.2) is 51.5 Å². The van der Waals surface area contributed by atoms with Crippen LogP contribution in [0.1, 0.15) is 36.3 Å². The first-order chi connectivity index (χ1) is 11.1. The van der Waals surface area contributed by atoms with Gasteiger partial charge < -0.3 is 9.15 Å². The van der Waals surface area contributed by atoms with Gasteiger partial charge in [-0.15, -0.1) is 0 Å². The van der Waals surface area contributed by atoms with Gasteiger partial charge in [0, 0.05) is 12.0 Å². The van der Waals surface area contributed by atoms with E-state index in [0.29, 0.717) is 17.6 Å². The molecule has 1 aromatic heterocycles. The van der Waals surface area contributed by atoms with E-state index in [4.69, 9.17) is 9.15 Å². The molecule has 1 aliphatic heterocycles. The van der Waals surface area contributed by atoms with Crippen LogP contribution in [0.5, 0.6) is 0 Å². The Morgan fingerprint density at radius 1 is 1.26 bits per heavy atom. The second kappa shape index (κ2) is 5.19. The normalized spacial score (nSPS) is 24.7. The van der Waals surface area contributed by atoms with Gasteiger partial charge >= 0.3 is 5.97 Å². The van der Waals surface area contributed by atoms with Crippen molar-refractivity contribution in [2.45, 2.75) is 19.3 Å². The number of esters is 1. The molecule has 0 unspecified atom stereocenters. The number of furan rings is 1. The van der Waals surface area contributed by atoms with Crippen molar-refractivity contribution in [3.05, 3.63) is 65.0 Å². The Labute approximate surface area is 132 Å². The highest BCUT2D eigenvalue weighted by atomic mass is 19.1. The molecule has 4 nitrogen and oxygen atoms in total. The van der Waals surface area contributed by atoms with Crippen LogP contribution < -0.4 is 0 Å². The zero-order valence-corrected chi connectivity index (χ0v) is 12.5. The summed E-state index contributed by atoms with van der Waals surface area (Å²) in [7, 11) is 0. The minimum Gasteiger partial charge on any atom is -0.461 e. The second-order valence-corrected chi connectivity index (χ2v) is 5.88. The van der Waals surface area contributed by atoms with E-state index in [0.717, 1.165) is 12.2 Å². The molecule has 2 aliphatic rings. The number of aliphatic imine (C=N–C) groups is 1. The van der Waals surface area contributed by atoms with Gasteiger partial charge in [-0.2, -0.15) is 0 Å². The summed E-state index contributed by atoms with van der Waals surface area (Å²) < 4.78 is 24.5. The predicted molar refractivity (Wildman–Crippen MR) is 82.2 cm³/mol. The summed E-state index contributed by atoms with van der Waals surface area (Å²) in [6, 6.07) is 9.76. The standard InChI is InChI=1S/C18H14FNO3/c1-10-8-13(10)16-7-6-11(22-16)9-15-18(21)23-17(20-15)12-4-2-3-5-14(12)19/h2-7,9-10,13H,8H2,1H3/b15-9-/t10-,13+/m0/s1. The Kier molecular flexibility index (Phi) is 3.15. The van der Waals surface area contributed by atoms with E-state index in [1.807, 2.05) is 6.07 Å². The van der Waals surface area contributed by atoms with Crippen LogP contribution in [0.25, 0.3) is 6.08 Å². The number of benzene rings is 1. The number of carbonyl (C=O) groups is 1. The molecule has 0 N–H and O–H groups in total. The first-order valence-corrected chi connectivity index (χ1v) is 7.49. The summed E-state index contributed by atoms with van der Waals surface area (Å²) in [6.45, 7) is 2.17. The summed E-state index contributed by atoms with van der Waals surface area (Å²) in [6.07, 6.45) is 2.65. The van der Waals surface area contributed by atoms with Crippen LogP contribution in [-0.4, -0.2) is 11.9 Å². The van der Waals surface area contributed by atoms with Gasteiger partial charge in [0.1, 0.15) is 17.3 Å². The second-order valence-electron chi connectivity index (χ2n) is 5.88. The molecule has 1 fully saturated rings. The molecule has 0 bridgehead atoms. The third-order valence-corrected chi connectivity index (χ3v) is 4.13. The maximum Gasteiger partial charge on any atom is 0.363 e. The third-order valence-electron chi connectivity index (χ3n) is 4.13. The van der Waals surface area contributed by atoms with Crippen molar-refractivity contribution in [1.29, 1.82) is 0 Å². The zero-order valence-electron chi connectivity index (χ0n) is 12.5. The van der Waals surface area contributed by atoms with Crippen LogP contribution in [0, 0.1) is 11.7 Å². The molecular weight excluding hydrogens is 297 g/mol. The number of halogens is 1. The average molecular weight is 311 g/mol. The van der Waals surface area contributed by atoms with Crippen LogP contribution in [0.3, 0.4) is 0 Å². The lowest BCUT2D eigenvalue weighted by Gasteiger charge is -1.99. The van der Waals surface area contributed by atoms with Crippen molar-refractivity contribution in [3.63, 3.8) is 0 Å². The number of carbonyl (C=O) groups excluding carboxylic acids is 1. The van der Waals surface area contributed by atoms with Crippen LogP contribution in [0.4, 0.5) is 4.39 Å². The molecule has 0 amide bonds. The van der Waals surface area contributed by atoms with Crippen molar-refractivity contribution < 1.29 is 18.3 Å². The van der Waals surface area contributed by atoms with Crippen molar-refractivity contribution in [1.82, 2.24) is 0 Å². The summed E-state index contributed by atoms with van der Waals surface area (Å²) >= 11 is 0. The minimum absolute atomic E-state index is 0.0260. The largest absolute Gasteiger partial charge is 0.461 e. The maximum absolute atomic E-state index is 13.7. The lowest BCUT2D eigenvalue weighted by molar-refractivity contribution is -0.129. The smallest absolute Gasteiger partial charge is 0.363 e. The highest BCUT2D eigenvalue weighted by molar-refractivity contribution is 6.12. The molecule has 1 aromatic carbocycles. The van der Waals surface area contributed by atoms with Gasteiger partial charge in [0.15, 0.2) is 5.70 Å². The van der Waals surface area contributed by atoms with E-state index in [1.165, 1.54) is 18.2 Å². The highest BCUT2D eigenvalue weighted by Crippen LogP contribution is 2.47. The third kappa shape index (κ3) is 2.59. The molecule has 5 heteroatoms. The number of hydrogen-bond acceptors (Lipinski definition) is 4. The molecular formula is C18H14FNO3. The molecule has 0 saturated heterocycles. The topological polar surface area (TPSA) is 51.8 Å². The number of rotatable bonds is 3. The minimum atomic E-state index is -0.610. The number of cyclic esters (lactones) is 1. The fourth-order valence-corrected chi connectivity index (χ4v) is 2.66. The van der Waals surface area contributed by atoms with Gasteiger partial charge in [0.2, 0.25) is 5.90 Å².